The Hall–Kier alpha value is -2.08. The Morgan fingerprint density at radius 2 is 1.95 bits per heavy atom. The Kier molecular flexibility index (Phi) is 5.99. The summed E-state index contributed by atoms with van der Waals surface area (Å²) in [6.45, 7) is 3.73. The number of amides is 2. The molecular weight excluding hydrogens is 258 g/mol. The molecule has 0 aliphatic carbocycles. The van der Waals surface area contributed by atoms with Crippen molar-refractivity contribution in [2.75, 3.05) is 19.0 Å². The summed E-state index contributed by atoms with van der Waals surface area (Å²) in [5, 5.41) is 5.56. The number of rotatable bonds is 7. The summed E-state index contributed by atoms with van der Waals surface area (Å²) in [4.78, 5) is 23.1. The largest absolute Gasteiger partial charge is 0.495 e. The van der Waals surface area contributed by atoms with Crippen LogP contribution in [0.25, 0.3) is 0 Å². The van der Waals surface area contributed by atoms with Crippen molar-refractivity contribution in [3.8, 4) is 5.75 Å². The van der Waals surface area contributed by atoms with Gasteiger partial charge < -0.3 is 15.8 Å². The van der Waals surface area contributed by atoms with Gasteiger partial charge >= 0.3 is 0 Å². The Morgan fingerprint density at radius 3 is 2.50 bits per heavy atom. The lowest BCUT2D eigenvalue weighted by Gasteiger charge is -2.18. The molecule has 0 saturated carbocycles. The summed E-state index contributed by atoms with van der Waals surface area (Å²) < 4.78 is 5.14. The zero-order valence-corrected chi connectivity index (χ0v) is 12.0. The molecule has 1 unspecified atom stereocenters. The molecule has 0 saturated heterocycles. The normalized spacial score (nSPS) is 12.0. The van der Waals surface area contributed by atoms with Crippen molar-refractivity contribution in [1.29, 1.82) is 0 Å². The smallest absolute Gasteiger partial charge is 0.238 e. The molecular formula is C14H21N3O3. The molecule has 0 fully saturated rings. The van der Waals surface area contributed by atoms with Gasteiger partial charge in [0.25, 0.3) is 0 Å². The van der Waals surface area contributed by atoms with E-state index in [4.69, 9.17) is 10.5 Å². The predicted molar refractivity (Wildman–Crippen MR) is 77.4 cm³/mol. The molecule has 110 valence electrons. The van der Waals surface area contributed by atoms with E-state index in [2.05, 4.69) is 10.6 Å². The van der Waals surface area contributed by atoms with E-state index >= 15 is 0 Å². The van der Waals surface area contributed by atoms with Crippen molar-refractivity contribution in [3.63, 3.8) is 0 Å². The molecule has 0 aromatic heterocycles. The number of primary amides is 1. The summed E-state index contributed by atoms with van der Waals surface area (Å²) in [6, 6.07) is 6.58. The summed E-state index contributed by atoms with van der Waals surface area (Å²) in [7, 11) is 1.53. The van der Waals surface area contributed by atoms with E-state index in [0.29, 0.717) is 11.4 Å². The van der Waals surface area contributed by atoms with Crippen LogP contribution in [0.5, 0.6) is 5.75 Å². The Morgan fingerprint density at radius 1 is 1.30 bits per heavy atom. The SMILES string of the molecule is COc1ccccc1NC(=O)CNC(C(N)=O)C(C)C. The van der Waals surface area contributed by atoms with Crippen LogP contribution in [-0.2, 0) is 9.59 Å². The number of nitrogens with one attached hydrogen (secondary N) is 2. The number of para-hydroxylation sites is 2. The molecule has 1 aromatic carbocycles. The molecule has 0 spiro atoms. The fourth-order valence-electron chi connectivity index (χ4n) is 1.81. The van der Waals surface area contributed by atoms with Gasteiger partial charge in [-0.25, -0.2) is 0 Å². The van der Waals surface area contributed by atoms with Gasteiger partial charge in [-0.05, 0) is 18.1 Å². The van der Waals surface area contributed by atoms with Gasteiger partial charge in [-0.2, -0.15) is 0 Å². The first kappa shape index (κ1) is 16.0. The highest BCUT2D eigenvalue weighted by Crippen LogP contribution is 2.22. The van der Waals surface area contributed by atoms with Crippen LogP contribution < -0.4 is 21.1 Å². The number of ether oxygens (including phenoxy) is 1. The number of benzene rings is 1. The maximum atomic E-state index is 11.8. The van der Waals surface area contributed by atoms with Crippen molar-refractivity contribution < 1.29 is 14.3 Å². The number of methoxy groups -OCH3 is 1. The minimum Gasteiger partial charge on any atom is -0.495 e. The zero-order valence-electron chi connectivity index (χ0n) is 12.0. The van der Waals surface area contributed by atoms with Gasteiger partial charge in [0.15, 0.2) is 0 Å². The molecule has 1 rings (SSSR count). The van der Waals surface area contributed by atoms with Crippen LogP contribution >= 0.6 is 0 Å². The topological polar surface area (TPSA) is 93.4 Å². The minimum atomic E-state index is -0.529. The third-order valence-electron chi connectivity index (χ3n) is 2.84. The molecule has 1 atom stereocenters. The first-order chi connectivity index (χ1) is 9.45. The third-order valence-corrected chi connectivity index (χ3v) is 2.84. The highest BCUT2D eigenvalue weighted by atomic mass is 16.5. The minimum absolute atomic E-state index is 0.00380. The molecule has 0 bridgehead atoms. The highest BCUT2D eigenvalue weighted by molar-refractivity contribution is 5.94. The first-order valence-corrected chi connectivity index (χ1v) is 6.41. The lowest BCUT2D eigenvalue weighted by atomic mass is 10.0. The average Bonchev–Trinajstić information content (AvgIpc) is 2.38. The van der Waals surface area contributed by atoms with Crippen molar-refractivity contribution in [2.45, 2.75) is 19.9 Å². The summed E-state index contributed by atoms with van der Waals surface area (Å²) in [6.07, 6.45) is 0. The molecule has 0 aliphatic heterocycles. The number of hydrogen-bond donors (Lipinski definition) is 3. The van der Waals surface area contributed by atoms with Gasteiger partial charge in [-0.1, -0.05) is 26.0 Å². The highest BCUT2D eigenvalue weighted by Gasteiger charge is 2.19. The van der Waals surface area contributed by atoms with Gasteiger partial charge in [0.2, 0.25) is 11.8 Å². The lowest BCUT2D eigenvalue weighted by molar-refractivity contribution is -0.121. The van der Waals surface area contributed by atoms with E-state index in [9.17, 15) is 9.59 Å². The lowest BCUT2D eigenvalue weighted by Crippen LogP contribution is -2.47. The molecule has 0 radical (unpaired) electrons. The van der Waals surface area contributed by atoms with E-state index in [0.717, 1.165) is 0 Å². The molecule has 6 heteroatoms. The fourth-order valence-corrected chi connectivity index (χ4v) is 1.81. The van der Waals surface area contributed by atoms with Crippen molar-refractivity contribution in [1.82, 2.24) is 5.32 Å². The van der Waals surface area contributed by atoms with E-state index in [-0.39, 0.29) is 18.4 Å². The zero-order chi connectivity index (χ0) is 15.1. The molecule has 1 aromatic rings. The summed E-state index contributed by atoms with van der Waals surface area (Å²) >= 11 is 0. The van der Waals surface area contributed by atoms with Crippen LogP contribution in [0, 0.1) is 5.92 Å². The average molecular weight is 279 g/mol. The van der Waals surface area contributed by atoms with Gasteiger partial charge in [0, 0.05) is 0 Å². The second-order valence-electron chi connectivity index (χ2n) is 4.75. The van der Waals surface area contributed by atoms with Gasteiger partial charge in [0.05, 0.1) is 25.4 Å². The number of anilines is 1. The van der Waals surface area contributed by atoms with Gasteiger partial charge in [0.1, 0.15) is 5.75 Å². The van der Waals surface area contributed by atoms with Crippen molar-refractivity contribution in [3.05, 3.63) is 24.3 Å². The number of hydrogen-bond acceptors (Lipinski definition) is 4. The van der Waals surface area contributed by atoms with Crippen LogP contribution in [0.4, 0.5) is 5.69 Å². The van der Waals surface area contributed by atoms with Crippen LogP contribution in [0.3, 0.4) is 0 Å². The van der Waals surface area contributed by atoms with Crippen molar-refractivity contribution >= 4 is 17.5 Å². The van der Waals surface area contributed by atoms with Crippen LogP contribution in [-0.4, -0.2) is 31.5 Å². The third kappa shape index (κ3) is 4.55. The van der Waals surface area contributed by atoms with Crippen LogP contribution in [0.15, 0.2) is 24.3 Å². The van der Waals surface area contributed by atoms with E-state index in [1.807, 2.05) is 19.9 Å². The molecule has 0 aliphatic rings. The fraction of sp³-hybridized carbons (Fsp3) is 0.429. The van der Waals surface area contributed by atoms with E-state index in [1.54, 1.807) is 18.2 Å². The monoisotopic (exact) mass is 279 g/mol. The van der Waals surface area contributed by atoms with Crippen LogP contribution in [0.2, 0.25) is 0 Å². The number of carbonyl (C=O) groups excluding carboxylic acids is 2. The second kappa shape index (κ2) is 7.49. The maximum Gasteiger partial charge on any atom is 0.238 e. The number of carbonyl (C=O) groups is 2. The Balaban J connectivity index is 2.57. The second-order valence-corrected chi connectivity index (χ2v) is 4.75. The molecule has 6 nitrogen and oxygen atoms in total. The molecule has 4 N–H and O–H groups in total. The summed E-state index contributed by atoms with van der Waals surface area (Å²) in [5.41, 5.74) is 5.85. The maximum absolute atomic E-state index is 11.8. The molecule has 2 amide bonds. The van der Waals surface area contributed by atoms with E-state index < -0.39 is 11.9 Å². The first-order valence-electron chi connectivity index (χ1n) is 6.41. The van der Waals surface area contributed by atoms with E-state index in [1.165, 1.54) is 7.11 Å². The quantitative estimate of drug-likeness (QED) is 0.686. The van der Waals surface area contributed by atoms with Gasteiger partial charge in [-0.15, -0.1) is 0 Å². The molecule has 20 heavy (non-hydrogen) atoms. The Labute approximate surface area is 118 Å². The summed E-state index contributed by atoms with van der Waals surface area (Å²) in [5.74, 6) is -0.130. The van der Waals surface area contributed by atoms with Crippen LogP contribution in [0.1, 0.15) is 13.8 Å². The standard InChI is InChI=1S/C14H21N3O3/c1-9(2)13(14(15)19)16-8-12(18)17-10-6-4-5-7-11(10)20-3/h4-7,9,13,16H,8H2,1-3H3,(H2,15,19)(H,17,18). The molecule has 0 heterocycles. The predicted octanol–water partition coefficient (Wildman–Crippen LogP) is 0.733. The van der Waals surface area contributed by atoms with Crippen molar-refractivity contribution in [2.24, 2.45) is 11.7 Å². The Bertz CT molecular complexity index is 474. The number of nitrogens with two attached hydrogens (primary N) is 1. The van der Waals surface area contributed by atoms with Gasteiger partial charge in [-0.3, -0.25) is 14.9 Å².